The minimum Gasteiger partial charge on any atom is -0.395 e. The molecule has 1 N–H and O–H groups in total. The zero-order valence-electron chi connectivity index (χ0n) is 12.4. The number of aliphatic hydroxyl groups is 1. The fraction of sp³-hybridized carbons (Fsp3) is 0.235. The molecule has 1 aliphatic rings. The van der Waals surface area contributed by atoms with Crippen molar-refractivity contribution < 1.29 is 17.9 Å². The van der Waals surface area contributed by atoms with Crippen molar-refractivity contribution in [3.63, 3.8) is 0 Å². The summed E-state index contributed by atoms with van der Waals surface area (Å²) in [6.07, 6.45) is 0. The maximum atomic E-state index is 13.1. The quantitative estimate of drug-likeness (QED) is 0.903. The van der Waals surface area contributed by atoms with E-state index in [0.29, 0.717) is 10.6 Å². The van der Waals surface area contributed by atoms with E-state index in [1.165, 1.54) is 48.5 Å². The fourth-order valence-electron chi connectivity index (χ4n) is 3.13. The van der Waals surface area contributed by atoms with Crippen molar-refractivity contribution >= 4 is 21.4 Å². The van der Waals surface area contributed by atoms with Crippen LogP contribution in [0.15, 0.2) is 53.4 Å². The zero-order valence-corrected chi connectivity index (χ0v) is 13.9. The van der Waals surface area contributed by atoms with Gasteiger partial charge in [-0.05, 0) is 42.0 Å². The average molecular weight is 366 g/mol. The first kappa shape index (κ1) is 16.9. The number of nitriles is 1. The second-order valence-electron chi connectivity index (χ2n) is 5.76. The van der Waals surface area contributed by atoms with Crippen LogP contribution < -0.4 is 0 Å². The first-order valence-electron chi connectivity index (χ1n) is 7.14. The van der Waals surface area contributed by atoms with Crippen LogP contribution in [-0.2, 0) is 9.84 Å². The van der Waals surface area contributed by atoms with Crippen LogP contribution in [0.2, 0.25) is 5.02 Å². The van der Waals surface area contributed by atoms with Crippen molar-refractivity contribution in [1.82, 2.24) is 0 Å². The monoisotopic (exact) mass is 365 g/mol. The molecule has 3 rings (SSSR count). The Morgan fingerprint density at radius 3 is 2.25 bits per heavy atom. The van der Waals surface area contributed by atoms with E-state index in [2.05, 4.69) is 0 Å². The minimum absolute atomic E-state index is 0.0367. The van der Waals surface area contributed by atoms with Gasteiger partial charge < -0.3 is 5.11 Å². The van der Waals surface area contributed by atoms with E-state index in [-0.39, 0.29) is 4.90 Å². The number of rotatable bonds is 4. The van der Waals surface area contributed by atoms with Gasteiger partial charge in [0.2, 0.25) is 0 Å². The zero-order chi connectivity index (χ0) is 17.5. The highest BCUT2D eigenvalue weighted by atomic mass is 35.5. The second kappa shape index (κ2) is 5.85. The highest BCUT2D eigenvalue weighted by molar-refractivity contribution is 7.92. The Balaban J connectivity index is 2.06. The highest BCUT2D eigenvalue weighted by Crippen LogP contribution is 2.63. The van der Waals surface area contributed by atoms with Gasteiger partial charge in [0, 0.05) is 10.9 Å². The Morgan fingerprint density at radius 1 is 1.17 bits per heavy atom. The van der Waals surface area contributed by atoms with E-state index >= 15 is 0 Å². The van der Waals surface area contributed by atoms with Crippen LogP contribution in [0.3, 0.4) is 0 Å². The molecule has 4 nitrogen and oxygen atoms in total. The Labute approximate surface area is 144 Å². The van der Waals surface area contributed by atoms with Crippen molar-refractivity contribution in [3.05, 3.63) is 64.9 Å². The number of hydrogen-bond donors (Lipinski definition) is 1. The number of nitrogens with zero attached hydrogens (tertiary/aromatic N) is 1. The Hall–Kier alpha value is -1.94. The average Bonchev–Trinajstić information content (AvgIpc) is 3.26. The van der Waals surface area contributed by atoms with Gasteiger partial charge in [-0.2, -0.15) is 5.26 Å². The highest BCUT2D eigenvalue weighted by Gasteiger charge is 2.72. The van der Waals surface area contributed by atoms with Crippen molar-refractivity contribution in [2.24, 2.45) is 5.41 Å². The molecule has 0 radical (unpaired) electrons. The van der Waals surface area contributed by atoms with Crippen LogP contribution in [0.5, 0.6) is 0 Å². The molecule has 7 heteroatoms. The summed E-state index contributed by atoms with van der Waals surface area (Å²) in [7, 11) is -3.86. The van der Waals surface area contributed by atoms with Gasteiger partial charge in [0.15, 0.2) is 9.84 Å². The number of sulfone groups is 1. The predicted molar refractivity (Wildman–Crippen MR) is 86.7 cm³/mol. The summed E-state index contributed by atoms with van der Waals surface area (Å²) in [5.41, 5.74) is -0.925. The molecule has 0 spiro atoms. The van der Waals surface area contributed by atoms with Gasteiger partial charge in [-0.3, -0.25) is 0 Å². The molecule has 3 atom stereocenters. The molecule has 0 aromatic heterocycles. The van der Waals surface area contributed by atoms with E-state index in [9.17, 15) is 23.2 Å². The lowest BCUT2D eigenvalue weighted by molar-refractivity contribution is 0.242. The number of halogens is 2. The van der Waals surface area contributed by atoms with E-state index in [1.54, 1.807) is 0 Å². The van der Waals surface area contributed by atoms with Crippen LogP contribution in [0.25, 0.3) is 0 Å². The third-order valence-electron chi connectivity index (χ3n) is 4.43. The molecule has 0 aliphatic heterocycles. The van der Waals surface area contributed by atoms with Gasteiger partial charge in [-0.25, -0.2) is 12.8 Å². The van der Waals surface area contributed by atoms with Crippen LogP contribution in [0.1, 0.15) is 11.5 Å². The topological polar surface area (TPSA) is 78.2 Å². The van der Waals surface area contributed by atoms with Crippen LogP contribution in [0, 0.1) is 22.6 Å². The number of hydrogen-bond acceptors (Lipinski definition) is 4. The molecular weight excluding hydrogens is 353 g/mol. The largest absolute Gasteiger partial charge is 0.395 e. The molecule has 1 aliphatic carbocycles. The van der Waals surface area contributed by atoms with Crippen LogP contribution >= 0.6 is 11.6 Å². The second-order valence-corrected chi connectivity index (χ2v) is 8.26. The summed E-state index contributed by atoms with van der Waals surface area (Å²) < 4.78 is 38.9. The first-order chi connectivity index (χ1) is 11.4. The molecule has 0 saturated heterocycles. The lowest BCUT2D eigenvalue weighted by Gasteiger charge is -2.06. The standard InChI is InChI=1S/C17H13ClFNO3S/c18-12-3-7-14(8-4-12)24(22,23)16-15(17(16,9-20)10-21)11-1-5-13(19)6-2-11/h1-8,15-16,21H,10H2/t15-,16+,17-/m1/s1. The summed E-state index contributed by atoms with van der Waals surface area (Å²) in [5, 5.41) is 18.5. The maximum Gasteiger partial charge on any atom is 0.183 e. The summed E-state index contributed by atoms with van der Waals surface area (Å²) in [6, 6.07) is 12.9. The third-order valence-corrected chi connectivity index (χ3v) is 6.97. The van der Waals surface area contributed by atoms with E-state index in [4.69, 9.17) is 11.6 Å². The predicted octanol–water partition coefficient (Wildman–Crippen LogP) is 2.92. The Bertz CT molecular complexity index is 906. The Kier molecular flexibility index (Phi) is 4.12. The molecule has 0 unspecified atom stereocenters. The van der Waals surface area contributed by atoms with Crippen molar-refractivity contribution in [3.8, 4) is 6.07 Å². The lowest BCUT2D eigenvalue weighted by Crippen LogP contribution is -2.18. The molecule has 0 bridgehead atoms. The van der Waals surface area contributed by atoms with Gasteiger partial charge in [-0.1, -0.05) is 23.7 Å². The molecule has 24 heavy (non-hydrogen) atoms. The van der Waals surface area contributed by atoms with E-state index in [0.717, 1.165) is 0 Å². The summed E-state index contributed by atoms with van der Waals surface area (Å²) in [4.78, 5) is 0.0367. The molecule has 0 heterocycles. The molecule has 1 saturated carbocycles. The molecular formula is C17H13ClFNO3S. The van der Waals surface area contributed by atoms with E-state index < -0.39 is 38.8 Å². The van der Waals surface area contributed by atoms with Gasteiger partial charge in [-0.15, -0.1) is 0 Å². The van der Waals surface area contributed by atoms with Crippen molar-refractivity contribution in [1.29, 1.82) is 5.26 Å². The van der Waals surface area contributed by atoms with Crippen molar-refractivity contribution in [2.45, 2.75) is 16.1 Å². The summed E-state index contributed by atoms with van der Waals surface area (Å²) in [5.74, 6) is -1.17. The fourth-order valence-corrected chi connectivity index (χ4v) is 5.57. The smallest absolute Gasteiger partial charge is 0.183 e. The molecule has 2 aromatic carbocycles. The maximum absolute atomic E-state index is 13.1. The van der Waals surface area contributed by atoms with Crippen molar-refractivity contribution in [2.75, 3.05) is 6.61 Å². The van der Waals surface area contributed by atoms with Gasteiger partial charge in [0.1, 0.15) is 11.2 Å². The summed E-state index contributed by atoms with van der Waals surface area (Å²) >= 11 is 5.78. The number of aliphatic hydroxyl groups excluding tert-OH is 1. The SMILES string of the molecule is N#C[C@@]1(CO)[C@H](c2ccc(F)cc2)[C@@H]1S(=O)(=O)c1ccc(Cl)cc1. The van der Waals surface area contributed by atoms with Gasteiger partial charge in [0.05, 0.1) is 22.8 Å². The molecule has 0 amide bonds. The molecule has 2 aromatic rings. The normalized spacial score (nSPS) is 25.9. The summed E-state index contributed by atoms with van der Waals surface area (Å²) in [6.45, 7) is -0.594. The van der Waals surface area contributed by atoms with Crippen LogP contribution in [0.4, 0.5) is 4.39 Å². The first-order valence-corrected chi connectivity index (χ1v) is 9.06. The Morgan fingerprint density at radius 2 is 1.75 bits per heavy atom. The lowest BCUT2D eigenvalue weighted by atomic mass is 10.0. The molecule has 124 valence electrons. The van der Waals surface area contributed by atoms with Crippen LogP contribution in [-0.4, -0.2) is 25.4 Å². The van der Waals surface area contributed by atoms with E-state index in [1.807, 2.05) is 6.07 Å². The van der Waals surface area contributed by atoms with Gasteiger partial charge >= 0.3 is 0 Å². The minimum atomic E-state index is -3.86. The molecule has 1 fully saturated rings. The third kappa shape index (κ3) is 2.49. The van der Waals surface area contributed by atoms with Gasteiger partial charge in [0.25, 0.3) is 0 Å². The number of benzene rings is 2.